The zero-order chi connectivity index (χ0) is 19.3. The van der Waals surface area contributed by atoms with Gasteiger partial charge in [0.15, 0.2) is 5.78 Å². The molecule has 2 aromatic carbocycles. The predicted octanol–water partition coefficient (Wildman–Crippen LogP) is 3.91. The van der Waals surface area contributed by atoms with Crippen molar-refractivity contribution < 1.29 is 19.2 Å². The Bertz CT molecular complexity index is 811. The van der Waals surface area contributed by atoms with Crippen LogP contribution in [-0.2, 0) is 4.79 Å². The summed E-state index contributed by atoms with van der Waals surface area (Å²) in [4.78, 5) is 35.5. The predicted molar refractivity (Wildman–Crippen MR) is 97.0 cm³/mol. The van der Waals surface area contributed by atoms with Crippen LogP contribution in [0.15, 0.2) is 48.5 Å². The second-order valence-corrected chi connectivity index (χ2v) is 6.52. The quantitative estimate of drug-likeness (QED) is 0.247. The SMILES string of the molecule is Cc1ccc(OC(=O)[C@@](C)(CCC(=O)c2ccc(C)cc2)[N+](=O)[O-])cc1. The topological polar surface area (TPSA) is 86.5 Å². The summed E-state index contributed by atoms with van der Waals surface area (Å²) in [6.07, 6.45) is -0.360. The minimum Gasteiger partial charge on any atom is -0.421 e. The highest BCUT2D eigenvalue weighted by molar-refractivity contribution is 5.96. The molecule has 0 unspecified atom stereocenters. The molecule has 0 spiro atoms. The standard InChI is InChI=1S/C20H21NO5/c1-14-4-8-16(9-5-14)18(22)12-13-20(3,21(24)25)19(23)26-17-10-6-15(2)7-11-17/h4-11H,12-13H2,1-3H3/t20-/m1/s1. The van der Waals surface area contributed by atoms with Crippen LogP contribution in [-0.4, -0.2) is 22.2 Å². The van der Waals surface area contributed by atoms with E-state index >= 15 is 0 Å². The number of benzene rings is 2. The lowest BCUT2D eigenvalue weighted by Crippen LogP contribution is -2.46. The third-order valence-electron chi connectivity index (χ3n) is 4.29. The molecule has 6 heteroatoms. The van der Waals surface area contributed by atoms with Crippen molar-refractivity contribution in [1.82, 2.24) is 0 Å². The number of ether oxygens (including phenoxy) is 1. The van der Waals surface area contributed by atoms with Gasteiger partial charge in [-0.2, -0.15) is 0 Å². The maximum Gasteiger partial charge on any atom is 0.389 e. The molecule has 0 N–H and O–H groups in total. The second kappa shape index (κ2) is 7.91. The number of hydrogen-bond acceptors (Lipinski definition) is 5. The highest BCUT2D eigenvalue weighted by Gasteiger charge is 2.48. The first kappa shape index (κ1) is 19.3. The van der Waals surface area contributed by atoms with Gasteiger partial charge in [-0.25, -0.2) is 4.79 Å². The molecule has 0 aliphatic carbocycles. The molecule has 0 bridgehead atoms. The molecule has 0 heterocycles. The Labute approximate surface area is 151 Å². The second-order valence-electron chi connectivity index (χ2n) is 6.52. The Morgan fingerprint density at radius 3 is 2.00 bits per heavy atom. The van der Waals surface area contributed by atoms with Crippen molar-refractivity contribution in [1.29, 1.82) is 0 Å². The molecule has 0 saturated heterocycles. The van der Waals surface area contributed by atoms with Gasteiger partial charge in [-0.15, -0.1) is 0 Å². The molecule has 0 aliphatic rings. The fourth-order valence-corrected chi connectivity index (χ4v) is 2.33. The van der Waals surface area contributed by atoms with Crippen LogP contribution >= 0.6 is 0 Å². The molecule has 0 amide bonds. The van der Waals surface area contributed by atoms with Gasteiger partial charge < -0.3 is 4.74 Å². The number of rotatable bonds is 7. The minimum absolute atomic E-state index is 0.121. The molecule has 136 valence electrons. The van der Waals surface area contributed by atoms with Crippen LogP contribution in [0.4, 0.5) is 0 Å². The first-order valence-electron chi connectivity index (χ1n) is 8.26. The van der Waals surface area contributed by atoms with Gasteiger partial charge in [0.2, 0.25) is 0 Å². The van der Waals surface area contributed by atoms with Crippen molar-refractivity contribution >= 4 is 11.8 Å². The summed E-state index contributed by atoms with van der Waals surface area (Å²) in [6, 6.07) is 13.6. The zero-order valence-corrected chi connectivity index (χ0v) is 15.0. The van der Waals surface area contributed by atoms with Crippen molar-refractivity contribution in [3.05, 3.63) is 75.3 Å². The van der Waals surface area contributed by atoms with Gasteiger partial charge >= 0.3 is 11.5 Å². The average Bonchev–Trinajstić information content (AvgIpc) is 2.61. The van der Waals surface area contributed by atoms with E-state index in [2.05, 4.69) is 0 Å². The lowest BCUT2D eigenvalue weighted by Gasteiger charge is -2.19. The van der Waals surface area contributed by atoms with Crippen molar-refractivity contribution in [2.24, 2.45) is 0 Å². The Morgan fingerprint density at radius 1 is 1.00 bits per heavy atom. The number of esters is 1. The molecule has 1 atom stereocenters. The van der Waals surface area contributed by atoms with Crippen molar-refractivity contribution in [2.75, 3.05) is 0 Å². The van der Waals surface area contributed by atoms with Crippen LogP contribution in [0.2, 0.25) is 0 Å². The van der Waals surface area contributed by atoms with E-state index in [-0.39, 0.29) is 24.4 Å². The Hall–Kier alpha value is -3.02. The molecule has 26 heavy (non-hydrogen) atoms. The number of hydrogen-bond donors (Lipinski definition) is 0. The van der Waals surface area contributed by atoms with Gasteiger partial charge in [-0.3, -0.25) is 14.9 Å². The Morgan fingerprint density at radius 2 is 1.50 bits per heavy atom. The molecular weight excluding hydrogens is 334 g/mol. The smallest absolute Gasteiger partial charge is 0.389 e. The Kier molecular flexibility index (Phi) is 5.87. The molecule has 0 radical (unpaired) electrons. The number of ketones is 1. The van der Waals surface area contributed by atoms with E-state index in [1.807, 2.05) is 13.8 Å². The van der Waals surface area contributed by atoms with E-state index < -0.39 is 16.4 Å². The van der Waals surface area contributed by atoms with Gasteiger partial charge in [0.05, 0.1) is 0 Å². The highest BCUT2D eigenvalue weighted by Crippen LogP contribution is 2.23. The number of carbonyl (C=O) groups excluding carboxylic acids is 2. The molecule has 0 fully saturated rings. The Balaban J connectivity index is 2.09. The zero-order valence-electron chi connectivity index (χ0n) is 15.0. The number of Topliss-reactive ketones (excluding diaryl/α,β-unsaturated/α-hetero) is 1. The summed E-state index contributed by atoms with van der Waals surface area (Å²) in [7, 11) is 0. The van der Waals surface area contributed by atoms with E-state index in [1.165, 1.54) is 6.92 Å². The molecule has 2 aromatic rings. The summed E-state index contributed by atoms with van der Waals surface area (Å²) >= 11 is 0. The maximum atomic E-state index is 12.4. The number of nitrogens with zero attached hydrogens (tertiary/aromatic N) is 1. The number of aryl methyl sites for hydroxylation is 2. The van der Waals surface area contributed by atoms with Gasteiger partial charge in [0.1, 0.15) is 5.75 Å². The van der Waals surface area contributed by atoms with Crippen molar-refractivity contribution in [3.8, 4) is 5.75 Å². The van der Waals surface area contributed by atoms with E-state index in [4.69, 9.17) is 4.74 Å². The van der Waals surface area contributed by atoms with Gasteiger partial charge in [0, 0.05) is 30.3 Å². The monoisotopic (exact) mass is 355 g/mol. The summed E-state index contributed by atoms with van der Waals surface area (Å²) in [5.41, 5.74) is 0.461. The summed E-state index contributed by atoms with van der Waals surface area (Å²) in [5, 5.41) is 11.5. The van der Waals surface area contributed by atoms with E-state index in [0.29, 0.717) is 5.56 Å². The average molecular weight is 355 g/mol. The molecule has 0 aliphatic heterocycles. The van der Waals surface area contributed by atoms with Crippen LogP contribution in [0.25, 0.3) is 0 Å². The fraction of sp³-hybridized carbons (Fsp3) is 0.300. The first-order valence-corrected chi connectivity index (χ1v) is 8.26. The van der Waals surface area contributed by atoms with Crippen LogP contribution in [0.3, 0.4) is 0 Å². The van der Waals surface area contributed by atoms with Gasteiger partial charge in [-0.05, 0) is 26.0 Å². The third-order valence-corrected chi connectivity index (χ3v) is 4.29. The first-order chi connectivity index (χ1) is 12.2. The van der Waals surface area contributed by atoms with Gasteiger partial charge in [0.25, 0.3) is 0 Å². The van der Waals surface area contributed by atoms with Crippen LogP contribution in [0.1, 0.15) is 41.3 Å². The van der Waals surface area contributed by atoms with E-state index in [0.717, 1.165) is 11.1 Å². The fourth-order valence-electron chi connectivity index (χ4n) is 2.33. The largest absolute Gasteiger partial charge is 0.421 e. The summed E-state index contributed by atoms with van der Waals surface area (Å²) < 4.78 is 5.16. The highest BCUT2D eigenvalue weighted by atomic mass is 16.6. The number of nitro groups is 1. The normalized spacial score (nSPS) is 12.9. The third kappa shape index (κ3) is 4.53. The lowest BCUT2D eigenvalue weighted by molar-refractivity contribution is -0.550. The molecular formula is C20H21NO5. The molecule has 2 rings (SSSR count). The minimum atomic E-state index is -1.99. The van der Waals surface area contributed by atoms with Crippen molar-refractivity contribution in [2.45, 2.75) is 39.2 Å². The van der Waals surface area contributed by atoms with E-state index in [9.17, 15) is 19.7 Å². The molecule has 0 saturated carbocycles. The molecule has 6 nitrogen and oxygen atoms in total. The van der Waals surface area contributed by atoms with Crippen molar-refractivity contribution in [3.63, 3.8) is 0 Å². The van der Waals surface area contributed by atoms with Gasteiger partial charge in [-0.1, -0.05) is 47.5 Å². The number of carbonyl (C=O) groups is 2. The summed E-state index contributed by atoms with van der Waals surface area (Å²) in [5.74, 6) is -0.997. The lowest BCUT2D eigenvalue weighted by atomic mass is 9.93. The van der Waals surface area contributed by atoms with Crippen LogP contribution in [0.5, 0.6) is 5.75 Å². The van der Waals surface area contributed by atoms with Crippen LogP contribution in [0, 0.1) is 24.0 Å². The van der Waals surface area contributed by atoms with Crippen LogP contribution < -0.4 is 4.74 Å². The summed E-state index contributed by atoms with van der Waals surface area (Å²) in [6.45, 7) is 4.97. The molecule has 0 aromatic heterocycles. The maximum absolute atomic E-state index is 12.4. The van der Waals surface area contributed by atoms with E-state index in [1.54, 1.807) is 48.5 Å².